The predicted molar refractivity (Wildman–Crippen MR) is 114 cm³/mol. The normalized spacial score (nSPS) is 11.1. The number of nitrogen functional groups attached to an aromatic ring is 1. The van der Waals surface area contributed by atoms with E-state index in [1.165, 1.54) is 24.3 Å². The topological polar surface area (TPSA) is 84.2 Å². The first-order valence-corrected chi connectivity index (χ1v) is 9.44. The molecule has 0 aliphatic carbocycles. The molecule has 0 saturated carbocycles. The van der Waals surface area contributed by atoms with Crippen LogP contribution in [0.2, 0.25) is 0 Å². The van der Waals surface area contributed by atoms with Gasteiger partial charge in [-0.05, 0) is 66.6 Å². The van der Waals surface area contributed by atoms with Crippen LogP contribution in [0.4, 0.5) is 30.2 Å². The van der Waals surface area contributed by atoms with E-state index in [4.69, 9.17) is 5.73 Å². The summed E-state index contributed by atoms with van der Waals surface area (Å²) in [5.74, 6) is -0.737. The molecule has 3 rings (SSSR count). The number of hydrogen-bond donors (Lipinski definition) is 3. The Kier molecular flexibility index (Phi) is 6.59. The van der Waals surface area contributed by atoms with Gasteiger partial charge in [-0.1, -0.05) is 18.2 Å². The summed E-state index contributed by atoms with van der Waals surface area (Å²) in [5, 5.41) is 5.18. The molecule has 0 aromatic heterocycles. The summed E-state index contributed by atoms with van der Waals surface area (Å²) in [6, 6.07) is 17.8. The number of nitrogens with one attached hydrogen (secondary N) is 2. The molecule has 160 valence electrons. The van der Waals surface area contributed by atoms with Crippen LogP contribution < -0.4 is 16.4 Å². The monoisotopic (exact) mass is 427 g/mol. The summed E-state index contributed by atoms with van der Waals surface area (Å²) in [5.41, 5.74) is 7.24. The highest BCUT2D eigenvalue weighted by atomic mass is 19.4. The van der Waals surface area contributed by atoms with Crippen LogP contribution >= 0.6 is 0 Å². The summed E-state index contributed by atoms with van der Waals surface area (Å²) >= 11 is 0. The minimum absolute atomic E-state index is 0.0415. The number of nitrogens with two attached hydrogens (primary N) is 1. The zero-order chi connectivity index (χ0) is 22.4. The Bertz CT molecular complexity index is 1060. The fraction of sp³-hybridized carbons (Fsp3) is 0.130. The Morgan fingerprint density at radius 1 is 0.839 bits per heavy atom. The Hall–Kier alpha value is -3.81. The number of aryl methyl sites for hydroxylation is 1. The van der Waals surface area contributed by atoms with Gasteiger partial charge >= 0.3 is 6.18 Å². The molecule has 0 aliphatic rings. The third-order valence-corrected chi connectivity index (χ3v) is 4.50. The highest BCUT2D eigenvalue weighted by molar-refractivity contribution is 6.04. The first kappa shape index (κ1) is 21.9. The molecule has 3 aromatic rings. The number of carbonyl (C=O) groups is 2. The summed E-state index contributed by atoms with van der Waals surface area (Å²) in [6.45, 7) is 0. The third-order valence-electron chi connectivity index (χ3n) is 4.50. The van der Waals surface area contributed by atoms with Crippen LogP contribution in [0.15, 0.2) is 72.8 Å². The zero-order valence-electron chi connectivity index (χ0n) is 16.4. The first-order valence-electron chi connectivity index (χ1n) is 9.44. The second-order valence-corrected chi connectivity index (χ2v) is 6.90. The van der Waals surface area contributed by atoms with Crippen molar-refractivity contribution < 1.29 is 22.8 Å². The Labute approximate surface area is 177 Å². The lowest BCUT2D eigenvalue weighted by Crippen LogP contribution is -2.14. The van der Waals surface area contributed by atoms with Gasteiger partial charge in [-0.2, -0.15) is 13.2 Å². The van der Waals surface area contributed by atoms with Crippen LogP contribution in [0.1, 0.15) is 27.9 Å². The minimum atomic E-state index is -4.49. The smallest absolute Gasteiger partial charge is 0.399 e. The van der Waals surface area contributed by atoms with E-state index in [0.717, 1.165) is 17.7 Å². The Balaban J connectivity index is 1.55. The van der Waals surface area contributed by atoms with Crippen molar-refractivity contribution in [3.05, 3.63) is 89.5 Å². The van der Waals surface area contributed by atoms with Gasteiger partial charge in [0.1, 0.15) is 0 Å². The van der Waals surface area contributed by atoms with E-state index in [1.807, 2.05) is 12.1 Å². The molecule has 31 heavy (non-hydrogen) atoms. The number of halogens is 3. The maximum absolute atomic E-state index is 12.8. The maximum Gasteiger partial charge on any atom is 0.416 e. The van der Waals surface area contributed by atoms with E-state index >= 15 is 0 Å². The molecule has 4 N–H and O–H groups in total. The van der Waals surface area contributed by atoms with Gasteiger partial charge in [-0.3, -0.25) is 9.59 Å². The second-order valence-electron chi connectivity index (χ2n) is 6.90. The zero-order valence-corrected chi connectivity index (χ0v) is 16.4. The van der Waals surface area contributed by atoms with Crippen molar-refractivity contribution in [3.63, 3.8) is 0 Å². The van der Waals surface area contributed by atoms with Gasteiger partial charge in [-0.25, -0.2) is 0 Å². The SMILES string of the molecule is Nc1ccc(CCC(=O)Nc2ccc(C(=O)Nc3cccc(C(F)(F)F)c3)cc2)cc1. The maximum atomic E-state index is 12.8. The van der Waals surface area contributed by atoms with E-state index in [0.29, 0.717) is 17.8 Å². The van der Waals surface area contributed by atoms with Crippen molar-refractivity contribution in [2.45, 2.75) is 19.0 Å². The van der Waals surface area contributed by atoms with Gasteiger partial charge in [0, 0.05) is 29.0 Å². The number of anilines is 3. The average molecular weight is 427 g/mol. The van der Waals surface area contributed by atoms with E-state index in [1.54, 1.807) is 24.3 Å². The van der Waals surface area contributed by atoms with Crippen molar-refractivity contribution in [2.24, 2.45) is 0 Å². The fourth-order valence-electron chi connectivity index (χ4n) is 2.85. The van der Waals surface area contributed by atoms with Gasteiger partial charge in [0.2, 0.25) is 5.91 Å². The van der Waals surface area contributed by atoms with Crippen molar-refractivity contribution in [2.75, 3.05) is 16.4 Å². The number of alkyl halides is 3. The number of rotatable bonds is 6. The number of carbonyl (C=O) groups excluding carboxylic acids is 2. The fourth-order valence-corrected chi connectivity index (χ4v) is 2.85. The highest BCUT2D eigenvalue weighted by Gasteiger charge is 2.30. The molecule has 0 heterocycles. The number of amides is 2. The van der Waals surface area contributed by atoms with E-state index in [9.17, 15) is 22.8 Å². The first-order chi connectivity index (χ1) is 14.7. The van der Waals surface area contributed by atoms with Crippen LogP contribution in [-0.2, 0) is 17.4 Å². The molecule has 0 atom stereocenters. The van der Waals surface area contributed by atoms with Crippen molar-refractivity contribution in [1.29, 1.82) is 0 Å². The minimum Gasteiger partial charge on any atom is -0.399 e. The molecule has 0 bridgehead atoms. The van der Waals surface area contributed by atoms with E-state index in [2.05, 4.69) is 10.6 Å². The lowest BCUT2D eigenvalue weighted by molar-refractivity contribution is -0.137. The summed E-state index contributed by atoms with van der Waals surface area (Å²) < 4.78 is 38.4. The van der Waals surface area contributed by atoms with Gasteiger partial charge in [0.05, 0.1) is 5.56 Å². The lowest BCUT2D eigenvalue weighted by atomic mass is 10.1. The highest BCUT2D eigenvalue weighted by Crippen LogP contribution is 2.30. The van der Waals surface area contributed by atoms with Crippen LogP contribution in [0.25, 0.3) is 0 Å². The standard InChI is InChI=1S/C23H20F3N3O2/c24-23(25,26)17-2-1-3-20(14-17)29-22(31)16-7-11-19(12-8-16)28-21(30)13-6-15-4-9-18(27)10-5-15/h1-5,7-12,14H,6,13,27H2,(H,28,30)(H,29,31). The molecule has 0 fully saturated rings. The Morgan fingerprint density at radius 2 is 1.52 bits per heavy atom. The molecule has 0 saturated heterocycles. The van der Waals surface area contributed by atoms with Gasteiger partial charge in [-0.15, -0.1) is 0 Å². The van der Waals surface area contributed by atoms with Crippen molar-refractivity contribution in [1.82, 2.24) is 0 Å². The van der Waals surface area contributed by atoms with Crippen LogP contribution in [0.3, 0.4) is 0 Å². The van der Waals surface area contributed by atoms with E-state index < -0.39 is 17.6 Å². The van der Waals surface area contributed by atoms with Crippen LogP contribution in [0, 0.1) is 0 Å². The quantitative estimate of drug-likeness (QED) is 0.478. The summed E-state index contributed by atoms with van der Waals surface area (Å²) in [4.78, 5) is 24.4. The molecule has 8 heteroatoms. The Morgan fingerprint density at radius 3 is 2.16 bits per heavy atom. The van der Waals surface area contributed by atoms with Gasteiger partial charge in [0.25, 0.3) is 5.91 Å². The second kappa shape index (κ2) is 9.34. The largest absolute Gasteiger partial charge is 0.416 e. The lowest BCUT2D eigenvalue weighted by Gasteiger charge is -2.10. The molecule has 5 nitrogen and oxygen atoms in total. The molecule has 3 aromatic carbocycles. The molecule has 0 radical (unpaired) electrons. The molecule has 0 unspecified atom stereocenters. The van der Waals surface area contributed by atoms with E-state index in [-0.39, 0.29) is 23.6 Å². The molecule has 0 aliphatic heterocycles. The molecule has 2 amide bonds. The number of hydrogen-bond acceptors (Lipinski definition) is 3. The molecular formula is C23H20F3N3O2. The molecular weight excluding hydrogens is 407 g/mol. The predicted octanol–water partition coefficient (Wildman–Crippen LogP) is 5.11. The van der Waals surface area contributed by atoms with Crippen LogP contribution in [0.5, 0.6) is 0 Å². The number of benzene rings is 3. The van der Waals surface area contributed by atoms with Gasteiger partial charge in [0.15, 0.2) is 0 Å². The van der Waals surface area contributed by atoms with Gasteiger partial charge < -0.3 is 16.4 Å². The summed E-state index contributed by atoms with van der Waals surface area (Å²) in [7, 11) is 0. The van der Waals surface area contributed by atoms with Crippen LogP contribution in [-0.4, -0.2) is 11.8 Å². The third kappa shape index (κ3) is 6.33. The average Bonchev–Trinajstić information content (AvgIpc) is 2.73. The van der Waals surface area contributed by atoms with Crippen molar-refractivity contribution >= 4 is 28.9 Å². The summed E-state index contributed by atoms with van der Waals surface area (Å²) in [6.07, 6.45) is -3.65. The van der Waals surface area contributed by atoms with Crippen molar-refractivity contribution in [3.8, 4) is 0 Å². The molecule has 0 spiro atoms.